The lowest BCUT2D eigenvalue weighted by Crippen LogP contribution is -2.42. The first-order valence-electron chi connectivity index (χ1n) is 9.72. The van der Waals surface area contributed by atoms with E-state index in [2.05, 4.69) is 10.6 Å². The Morgan fingerprint density at radius 3 is 2.44 bits per heavy atom. The summed E-state index contributed by atoms with van der Waals surface area (Å²) in [6.07, 6.45) is 0. The minimum absolute atomic E-state index is 0.111. The van der Waals surface area contributed by atoms with E-state index in [1.807, 2.05) is 0 Å². The summed E-state index contributed by atoms with van der Waals surface area (Å²) in [6.45, 7) is 0.0262. The number of nitrogens with one attached hydrogen (secondary N) is 2. The molecule has 1 aromatic heterocycles. The molecule has 8 nitrogen and oxygen atoms in total. The number of hydrogen-bond donors (Lipinski definition) is 2. The molecule has 0 spiro atoms. The minimum Gasteiger partial charge on any atom is -0.454 e. The third kappa shape index (κ3) is 4.76. The van der Waals surface area contributed by atoms with Crippen molar-refractivity contribution in [1.82, 2.24) is 10.6 Å². The Morgan fingerprint density at radius 2 is 1.69 bits per heavy atom. The highest BCUT2D eigenvalue weighted by Crippen LogP contribution is 2.33. The summed E-state index contributed by atoms with van der Waals surface area (Å²) < 4.78 is 36.8. The van der Waals surface area contributed by atoms with E-state index in [4.69, 9.17) is 9.47 Å². The van der Waals surface area contributed by atoms with Crippen molar-refractivity contribution in [1.29, 1.82) is 0 Å². The zero-order valence-electron chi connectivity index (χ0n) is 16.8. The highest BCUT2D eigenvalue weighted by molar-refractivity contribution is 7.91. The van der Waals surface area contributed by atoms with Gasteiger partial charge in [0.25, 0.3) is 0 Å². The van der Waals surface area contributed by atoms with E-state index in [1.54, 1.807) is 53.9 Å². The predicted octanol–water partition coefficient (Wildman–Crippen LogP) is 2.42. The Kier molecular flexibility index (Phi) is 6.42. The molecule has 0 radical (unpaired) electrons. The van der Waals surface area contributed by atoms with Crippen molar-refractivity contribution in [3.8, 4) is 11.5 Å². The zero-order chi connectivity index (χ0) is 22.6. The number of carbonyl (C=O) groups is 2. The summed E-state index contributed by atoms with van der Waals surface area (Å²) in [7, 11) is -3.77. The molecule has 2 heterocycles. The van der Waals surface area contributed by atoms with Crippen molar-refractivity contribution in [3.63, 3.8) is 0 Å². The van der Waals surface area contributed by atoms with Crippen LogP contribution in [-0.2, 0) is 26.0 Å². The first kappa shape index (κ1) is 21.8. The number of ether oxygens (including phenoxy) is 2. The van der Waals surface area contributed by atoms with Crippen LogP contribution in [0.15, 0.2) is 70.9 Å². The normalized spacial score (nSPS) is 13.4. The van der Waals surface area contributed by atoms with Crippen molar-refractivity contribution in [2.24, 2.45) is 0 Å². The highest BCUT2D eigenvalue weighted by atomic mass is 32.2. The van der Waals surface area contributed by atoms with Gasteiger partial charge >= 0.3 is 11.8 Å². The molecule has 3 aromatic rings. The summed E-state index contributed by atoms with van der Waals surface area (Å²) in [6, 6.07) is 16.7. The lowest BCUT2D eigenvalue weighted by molar-refractivity contribution is -0.139. The van der Waals surface area contributed by atoms with Crippen LogP contribution in [0, 0.1) is 0 Å². The quantitative estimate of drug-likeness (QED) is 0.511. The number of sulfone groups is 1. The van der Waals surface area contributed by atoms with Gasteiger partial charge in [-0.2, -0.15) is 0 Å². The number of fused-ring (bicyclic) bond motifs is 1. The zero-order valence-corrected chi connectivity index (χ0v) is 18.4. The summed E-state index contributed by atoms with van der Waals surface area (Å²) in [4.78, 5) is 25.3. The summed E-state index contributed by atoms with van der Waals surface area (Å²) in [5, 5.41) is 5.74. The number of carbonyl (C=O) groups excluding carboxylic acids is 2. The molecule has 0 aliphatic carbocycles. The number of amides is 2. The van der Waals surface area contributed by atoms with Crippen LogP contribution >= 0.6 is 11.3 Å². The number of benzene rings is 2. The average Bonchev–Trinajstić information content (AvgIpc) is 3.49. The Morgan fingerprint density at radius 1 is 0.938 bits per heavy atom. The van der Waals surface area contributed by atoms with Gasteiger partial charge in [0.1, 0.15) is 5.25 Å². The number of thiophene rings is 1. The number of hydrogen-bond acceptors (Lipinski definition) is 7. The molecule has 32 heavy (non-hydrogen) atoms. The van der Waals surface area contributed by atoms with Gasteiger partial charge in [-0.15, -0.1) is 11.3 Å². The maximum Gasteiger partial charge on any atom is 0.309 e. The van der Waals surface area contributed by atoms with Crippen LogP contribution in [0.1, 0.15) is 15.7 Å². The Labute approximate surface area is 189 Å². The maximum atomic E-state index is 13.1. The Hall–Kier alpha value is -3.37. The smallest absolute Gasteiger partial charge is 0.309 e. The first-order chi connectivity index (χ1) is 15.4. The van der Waals surface area contributed by atoms with Crippen molar-refractivity contribution >= 4 is 33.0 Å². The average molecular weight is 473 g/mol. The fourth-order valence-corrected chi connectivity index (χ4v) is 6.00. The second kappa shape index (κ2) is 9.41. The van der Waals surface area contributed by atoms with E-state index >= 15 is 0 Å². The van der Waals surface area contributed by atoms with Gasteiger partial charge in [0, 0.05) is 18.0 Å². The molecule has 2 aromatic carbocycles. The molecule has 0 unspecified atom stereocenters. The molecular weight excluding hydrogens is 452 g/mol. The van der Waals surface area contributed by atoms with Gasteiger partial charge < -0.3 is 20.1 Å². The lowest BCUT2D eigenvalue weighted by atomic mass is 10.2. The van der Waals surface area contributed by atoms with Crippen LogP contribution in [0.2, 0.25) is 0 Å². The molecule has 4 rings (SSSR count). The number of rotatable bonds is 7. The van der Waals surface area contributed by atoms with Crippen LogP contribution in [0.4, 0.5) is 0 Å². The van der Waals surface area contributed by atoms with Crippen LogP contribution < -0.4 is 20.1 Å². The van der Waals surface area contributed by atoms with Gasteiger partial charge in [-0.1, -0.05) is 30.3 Å². The fourth-order valence-electron chi connectivity index (χ4n) is 3.19. The monoisotopic (exact) mass is 472 g/mol. The van der Waals surface area contributed by atoms with Gasteiger partial charge in [-0.3, -0.25) is 9.59 Å². The Balaban J connectivity index is 1.39. The van der Waals surface area contributed by atoms with Crippen molar-refractivity contribution in [3.05, 3.63) is 76.5 Å². The third-order valence-electron chi connectivity index (χ3n) is 4.85. The Bertz CT molecular complexity index is 1210. The van der Waals surface area contributed by atoms with E-state index in [0.29, 0.717) is 16.4 Å². The van der Waals surface area contributed by atoms with Crippen molar-refractivity contribution in [2.75, 3.05) is 13.3 Å². The van der Waals surface area contributed by atoms with Gasteiger partial charge in [-0.05, 0) is 41.3 Å². The van der Waals surface area contributed by atoms with Gasteiger partial charge in [-0.25, -0.2) is 8.42 Å². The van der Waals surface area contributed by atoms with Crippen LogP contribution in [0.5, 0.6) is 11.5 Å². The second-order valence-electron chi connectivity index (χ2n) is 6.94. The molecule has 0 bridgehead atoms. The van der Waals surface area contributed by atoms with E-state index in [1.165, 1.54) is 23.5 Å². The molecule has 0 saturated carbocycles. The van der Waals surface area contributed by atoms with E-state index in [-0.39, 0.29) is 24.8 Å². The molecule has 166 valence electrons. The molecule has 10 heteroatoms. The molecule has 0 saturated heterocycles. The standard InChI is InChI=1S/C22H20N2O6S2/c25-21(23-12-15-8-9-17-18(11-15)30-14-29-17)22(26)24-13-20(19-7-4-10-31-19)32(27,28)16-5-2-1-3-6-16/h1-11,20H,12-14H2,(H,23,25)(H,24,26)/t20-/m0/s1. The summed E-state index contributed by atoms with van der Waals surface area (Å²) in [5.74, 6) is -0.566. The van der Waals surface area contributed by atoms with Crippen LogP contribution in [-0.4, -0.2) is 33.6 Å². The molecule has 0 fully saturated rings. The van der Waals surface area contributed by atoms with Gasteiger partial charge in [0.05, 0.1) is 4.90 Å². The molecule has 2 N–H and O–H groups in total. The maximum absolute atomic E-state index is 13.1. The SMILES string of the molecule is O=C(NCc1ccc2c(c1)OCO2)C(=O)NC[C@@H](c1cccs1)S(=O)(=O)c1ccccc1. The molecule has 1 atom stereocenters. The topological polar surface area (TPSA) is 111 Å². The minimum atomic E-state index is -3.77. The van der Waals surface area contributed by atoms with E-state index in [0.717, 1.165) is 5.56 Å². The molecule has 1 aliphatic rings. The summed E-state index contributed by atoms with van der Waals surface area (Å²) >= 11 is 1.28. The van der Waals surface area contributed by atoms with Crippen molar-refractivity contribution in [2.45, 2.75) is 16.7 Å². The van der Waals surface area contributed by atoms with E-state index < -0.39 is 26.9 Å². The first-order valence-corrected chi connectivity index (χ1v) is 12.1. The lowest BCUT2D eigenvalue weighted by Gasteiger charge is -2.17. The van der Waals surface area contributed by atoms with Gasteiger partial charge in [0.15, 0.2) is 21.3 Å². The highest BCUT2D eigenvalue weighted by Gasteiger charge is 2.31. The molecule has 1 aliphatic heterocycles. The third-order valence-corrected chi connectivity index (χ3v) is 8.09. The summed E-state index contributed by atoms with van der Waals surface area (Å²) in [5.41, 5.74) is 0.735. The predicted molar refractivity (Wildman–Crippen MR) is 118 cm³/mol. The second-order valence-corrected chi connectivity index (χ2v) is 10.1. The molecule has 2 amide bonds. The van der Waals surface area contributed by atoms with Crippen LogP contribution in [0.25, 0.3) is 0 Å². The fraction of sp³-hybridized carbons (Fsp3) is 0.182. The largest absolute Gasteiger partial charge is 0.454 e. The van der Waals surface area contributed by atoms with Gasteiger partial charge in [0.2, 0.25) is 6.79 Å². The molecular formula is C22H20N2O6S2. The van der Waals surface area contributed by atoms with Crippen LogP contribution in [0.3, 0.4) is 0 Å². The van der Waals surface area contributed by atoms with E-state index in [9.17, 15) is 18.0 Å². The van der Waals surface area contributed by atoms with Crippen molar-refractivity contribution < 1.29 is 27.5 Å².